The highest BCUT2D eigenvalue weighted by atomic mass is 16.5. The molecule has 1 aliphatic rings. The molecule has 1 fully saturated rings. The zero-order chi connectivity index (χ0) is 15.5. The summed E-state index contributed by atoms with van der Waals surface area (Å²) < 4.78 is 10.9. The highest BCUT2D eigenvalue weighted by Gasteiger charge is 2.40. The van der Waals surface area contributed by atoms with Gasteiger partial charge in [0, 0.05) is 23.7 Å². The van der Waals surface area contributed by atoms with E-state index < -0.39 is 0 Å². The molecule has 3 rings (SSSR count). The smallest absolute Gasteiger partial charge is 0.222 e. The van der Waals surface area contributed by atoms with Crippen molar-refractivity contribution in [3.8, 4) is 11.6 Å². The van der Waals surface area contributed by atoms with Gasteiger partial charge in [-0.2, -0.15) is 4.98 Å². The molecule has 1 aliphatic carbocycles. The molecule has 6 heteroatoms. The van der Waals surface area contributed by atoms with Crippen LogP contribution in [0.25, 0.3) is 0 Å². The molecule has 2 heterocycles. The predicted octanol–water partition coefficient (Wildman–Crippen LogP) is 1.86. The van der Waals surface area contributed by atoms with Gasteiger partial charge in [0.15, 0.2) is 0 Å². The van der Waals surface area contributed by atoms with Crippen LogP contribution < -0.4 is 9.47 Å². The van der Waals surface area contributed by atoms with Gasteiger partial charge in [-0.1, -0.05) is 0 Å². The molecule has 0 amide bonds. The summed E-state index contributed by atoms with van der Waals surface area (Å²) in [7, 11) is 1.63. The number of aliphatic hydroxyl groups excluding tert-OH is 1. The van der Waals surface area contributed by atoms with Crippen molar-refractivity contribution >= 4 is 0 Å². The fraction of sp³-hybridized carbons (Fsp3) is 0.438. The van der Waals surface area contributed by atoms with Crippen molar-refractivity contribution in [1.29, 1.82) is 0 Å². The third kappa shape index (κ3) is 3.17. The van der Waals surface area contributed by atoms with Gasteiger partial charge in [-0.3, -0.25) is 4.98 Å². The first-order chi connectivity index (χ1) is 10.7. The zero-order valence-corrected chi connectivity index (χ0v) is 12.7. The topological polar surface area (TPSA) is 77.4 Å². The van der Waals surface area contributed by atoms with Crippen LogP contribution in [-0.2, 0) is 6.61 Å². The first-order valence-electron chi connectivity index (χ1n) is 7.27. The van der Waals surface area contributed by atoms with Gasteiger partial charge in [-0.05, 0) is 25.5 Å². The Bertz CT molecular complexity index is 646. The van der Waals surface area contributed by atoms with E-state index in [1.807, 2.05) is 12.1 Å². The second-order valence-electron chi connectivity index (χ2n) is 5.44. The van der Waals surface area contributed by atoms with E-state index in [4.69, 9.17) is 9.47 Å². The lowest BCUT2D eigenvalue weighted by Gasteiger charge is -2.09. The van der Waals surface area contributed by atoms with Crippen molar-refractivity contribution in [2.75, 3.05) is 13.7 Å². The Morgan fingerprint density at radius 3 is 2.82 bits per heavy atom. The van der Waals surface area contributed by atoms with E-state index >= 15 is 0 Å². The standard InChI is InChI=1S/C16H19N3O3/c1-10-17-6-12(8-20)16(19-10)22-9-11-5-14(11)15-4-3-13(21-2)7-18-15/h3-4,6-7,11,14,20H,5,8-9H2,1-2H3/t11-,14?/m1/s1. The Morgan fingerprint density at radius 2 is 2.14 bits per heavy atom. The van der Waals surface area contributed by atoms with E-state index in [9.17, 15) is 5.11 Å². The fourth-order valence-electron chi connectivity index (χ4n) is 2.42. The largest absolute Gasteiger partial charge is 0.495 e. The summed E-state index contributed by atoms with van der Waals surface area (Å²) in [6.07, 6.45) is 4.40. The number of hydrogen-bond donors (Lipinski definition) is 1. The van der Waals surface area contributed by atoms with Gasteiger partial charge in [0.05, 0.1) is 32.1 Å². The van der Waals surface area contributed by atoms with E-state index in [1.165, 1.54) is 0 Å². The Hall–Kier alpha value is -2.21. The molecule has 1 N–H and O–H groups in total. The third-order valence-corrected chi connectivity index (χ3v) is 3.85. The highest BCUT2D eigenvalue weighted by molar-refractivity contribution is 5.26. The van der Waals surface area contributed by atoms with E-state index in [0.29, 0.717) is 35.7 Å². The first kappa shape index (κ1) is 14.7. The lowest BCUT2D eigenvalue weighted by molar-refractivity contribution is 0.249. The van der Waals surface area contributed by atoms with Gasteiger partial charge >= 0.3 is 0 Å². The lowest BCUT2D eigenvalue weighted by atomic mass is 10.2. The van der Waals surface area contributed by atoms with Crippen molar-refractivity contribution in [2.24, 2.45) is 5.92 Å². The summed E-state index contributed by atoms with van der Waals surface area (Å²) in [5.41, 5.74) is 1.68. The molecule has 116 valence electrons. The van der Waals surface area contributed by atoms with Crippen LogP contribution in [0.15, 0.2) is 24.5 Å². The van der Waals surface area contributed by atoms with Crippen LogP contribution in [0.4, 0.5) is 0 Å². The minimum Gasteiger partial charge on any atom is -0.495 e. The molecule has 1 saturated carbocycles. The van der Waals surface area contributed by atoms with Crippen molar-refractivity contribution in [1.82, 2.24) is 15.0 Å². The molecular formula is C16H19N3O3. The maximum atomic E-state index is 9.29. The van der Waals surface area contributed by atoms with Gasteiger partial charge in [0.1, 0.15) is 11.6 Å². The number of aromatic nitrogens is 3. The van der Waals surface area contributed by atoms with Crippen molar-refractivity contribution < 1.29 is 14.6 Å². The Morgan fingerprint density at radius 1 is 1.27 bits per heavy atom. The monoisotopic (exact) mass is 301 g/mol. The average molecular weight is 301 g/mol. The predicted molar refractivity (Wildman–Crippen MR) is 79.8 cm³/mol. The van der Waals surface area contributed by atoms with E-state index in [0.717, 1.165) is 17.9 Å². The average Bonchev–Trinajstić information content (AvgIpc) is 3.33. The third-order valence-electron chi connectivity index (χ3n) is 3.85. The van der Waals surface area contributed by atoms with Crippen molar-refractivity contribution in [3.63, 3.8) is 0 Å². The van der Waals surface area contributed by atoms with Crippen LogP contribution in [0.3, 0.4) is 0 Å². The summed E-state index contributed by atoms with van der Waals surface area (Å²) in [5, 5.41) is 9.29. The molecule has 1 unspecified atom stereocenters. The fourth-order valence-corrected chi connectivity index (χ4v) is 2.42. The molecule has 6 nitrogen and oxygen atoms in total. The van der Waals surface area contributed by atoms with Crippen molar-refractivity contribution in [2.45, 2.75) is 25.9 Å². The summed E-state index contributed by atoms with van der Waals surface area (Å²) in [6, 6.07) is 3.92. The van der Waals surface area contributed by atoms with E-state index in [-0.39, 0.29) is 6.61 Å². The zero-order valence-electron chi connectivity index (χ0n) is 12.7. The van der Waals surface area contributed by atoms with Gasteiger partial charge in [0.2, 0.25) is 5.88 Å². The number of methoxy groups -OCH3 is 1. The number of aryl methyl sites for hydroxylation is 1. The minimum atomic E-state index is -0.121. The highest BCUT2D eigenvalue weighted by Crippen LogP contribution is 2.46. The number of hydrogen-bond acceptors (Lipinski definition) is 6. The Balaban J connectivity index is 1.58. The van der Waals surface area contributed by atoms with Crippen LogP contribution in [0.2, 0.25) is 0 Å². The van der Waals surface area contributed by atoms with E-state index in [2.05, 4.69) is 15.0 Å². The molecule has 22 heavy (non-hydrogen) atoms. The Kier molecular flexibility index (Phi) is 4.20. The SMILES string of the molecule is COc1ccc(C2C[C@@H]2COc2nc(C)ncc2CO)nc1. The summed E-state index contributed by atoms with van der Waals surface area (Å²) in [4.78, 5) is 12.7. The van der Waals surface area contributed by atoms with Crippen LogP contribution in [-0.4, -0.2) is 33.8 Å². The second-order valence-corrected chi connectivity index (χ2v) is 5.44. The van der Waals surface area contributed by atoms with Gasteiger partial charge in [-0.15, -0.1) is 0 Å². The molecule has 0 saturated heterocycles. The summed E-state index contributed by atoms with van der Waals surface area (Å²) in [5.74, 6) is 2.73. The number of rotatable bonds is 6. The van der Waals surface area contributed by atoms with Gasteiger partial charge in [-0.25, -0.2) is 4.98 Å². The molecular weight excluding hydrogens is 282 g/mol. The van der Waals surface area contributed by atoms with Crippen LogP contribution in [0.1, 0.15) is 29.4 Å². The van der Waals surface area contributed by atoms with Crippen molar-refractivity contribution in [3.05, 3.63) is 41.6 Å². The molecule has 0 aromatic carbocycles. The molecule has 0 aliphatic heterocycles. The van der Waals surface area contributed by atoms with Crippen LogP contribution in [0, 0.1) is 12.8 Å². The molecule has 0 spiro atoms. The molecule has 0 bridgehead atoms. The number of aliphatic hydroxyl groups is 1. The first-order valence-corrected chi connectivity index (χ1v) is 7.27. The maximum Gasteiger partial charge on any atom is 0.222 e. The summed E-state index contributed by atoms with van der Waals surface area (Å²) in [6.45, 7) is 2.25. The Labute approximate surface area is 129 Å². The number of nitrogens with zero attached hydrogens (tertiary/aromatic N) is 3. The number of pyridine rings is 1. The van der Waals surface area contributed by atoms with Gasteiger partial charge in [0.25, 0.3) is 0 Å². The molecule has 0 radical (unpaired) electrons. The van der Waals surface area contributed by atoms with E-state index in [1.54, 1.807) is 26.4 Å². The minimum absolute atomic E-state index is 0.121. The number of ether oxygens (including phenoxy) is 2. The maximum absolute atomic E-state index is 9.29. The normalized spacial score (nSPS) is 19.8. The molecule has 2 atom stereocenters. The van der Waals surface area contributed by atoms with Crippen LogP contribution >= 0.6 is 0 Å². The molecule has 2 aromatic heterocycles. The quantitative estimate of drug-likeness (QED) is 0.877. The molecule has 2 aromatic rings. The summed E-state index contributed by atoms with van der Waals surface area (Å²) >= 11 is 0. The lowest BCUT2D eigenvalue weighted by Crippen LogP contribution is -2.07. The van der Waals surface area contributed by atoms with Crippen LogP contribution in [0.5, 0.6) is 11.6 Å². The van der Waals surface area contributed by atoms with Gasteiger partial charge < -0.3 is 14.6 Å². The second kappa shape index (κ2) is 6.27.